The Morgan fingerprint density at radius 3 is 2.00 bits per heavy atom. The average Bonchev–Trinajstić information content (AvgIpc) is 2.05. The van der Waals surface area contributed by atoms with Gasteiger partial charge in [-0.1, -0.05) is 13.8 Å². The third-order valence-corrected chi connectivity index (χ3v) is 1.30. The molecule has 0 radical (unpaired) electrons. The van der Waals surface area contributed by atoms with Gasteiger partial charge in [0.2, 0.25) is 0 Å². The second-order valence-corrected chi connectivity index (χ2v) is 2.03. The van der Waals surface area contributed by atoms with Crippen LogP contribution in [0.25, 0.3) is 0 Å². The Morgan fingerprint density at radius 2 is 1.60 bits per heavy atom. The van der Waals surface area contributed by atoms with Crippen LogP contribution in [-0.2, 0) is 12.8 Å². The second kappa shape index (κ2) is 3.25. The largest absolute Gasteiger partial charge is 0.221 e. The molecule has 0 saturated heterocycles. The van der Waals surface area contributed by atoms with E-state index in [0.717, 1.165) is 24.5 Å². The molecule has 0 atom stereocenters. The summed E-state index contributed by atoms with van der Waals surface area (Å²) in [5.74, 6) is 1.76. The van der Waals surface area contributed by atoms with Gasteiger partial charge in [0.25, 0.3) is 0 Å². The van der Waals surface area contributed by atoms with E-state index >= 15 is 0 Å². The molecular weight excluding hydrogens is 126 g/mol. The fraction of sp³-hybridized carbons (Fsp3) is 0.571. The third-order valence-electron chi connectivity index (χ3n) is 1.30. The molecule has 3 nitrogen and oxygen atoms in total. The summed E-state index contributed by atoms with van der Waals surface area (Å²) in [6, 6.07) is 0. The lowest BCUT2D eigenvalue weighted by molar-refractivity contribution is 0.825. The maximum absolute atomic E-state index is 4.19. The predicted molar refractivity (Wildman–Crippen MR) is 38.6 cm³/mol. The zero-order chi connectivity index (χ0) is 7.40. The van der Waals surface area contributed by atoms with Crippen molar-refractivity contribution >= 4 is 0 Å². The SMILES string of the molecule is CCc1ncnc(CC)n1. The minimum Gasteiger partial charge on any atom is -0.221 e. The predicted octanol–water partition coefficient (Wildman–Crippen LogP) is 0.996. The summed E-state index contributed by atoms with van der Waals surface area (Å²) in [6.07, 6.45) is 3.34. The highest BCUT2D eigenvalue weighted by atomic mass is 15.0. The molecule has 10 heavy (non-hydrogen) atoms. The van der Waals surface area contributed by atoms with Crippen LogP contribution >= 0.6 is 0 Å². The molecule has 0 aliphatic rings. The molecule has 0 N–H and O–H groups in total. The Balaban J connectivity index is 2.87. The van der Waals surface area contributed by atoms with Crippen molar-refractivity contribution in [2.24, 2.45) is 0 Å². The van der Waals surface area contributed by atoms with Crippen molar-refractivity contribution in [3.05, 3.63) is 18.0 Å². The molecule has 54 valence electrons. The Morgan fingerprint density at radius 1 is 1.10 bits per heavy atom. The van der Waals surface area contributed by atoms with E-state index in [9.17, 15) is 0 Å². The second-order valence-electron chi connectivity index (χ2n) is 2.03. The van der Waals surface area contributed by atoms with Crippen LogP contribution in [0.3, 0.4) is 0 Å². The standard InChI is InChI=1S/C7H11N3/c1-3-6-8-5-9-7(4-2)10-6/h5H,3-4H2,1-2H3. The summed E-state index contributed by atoms with van der Waals surface area (Å²) in [7, 11) is 0. The van der Waals surface area contributed by atoms with Gasteiger partial charge in [-0.3, -0.25) is 0 Å². The number of aryl methyl sites for hydroxylation is 2. The van der Waals surface area contributed by atoms with E-state index in [1.54, 1.807) is 6.33 Å². The molecule has 1 rings (SSSR count). The Labute approximate surface area is 60.6 Å². The van der Waals surface area contributed by atoms with Crippen molar-refractivity contribution in [2.75, 3.05) is 0 Å². The van der Waals surface area contributed by atoms with E-state index in [4.69, 9.17) is 0 Å². The molecule has 1 heterocycles. The molecule has 0 bridgehead atoms. The number of nitrogens with zero attached hydrogens (tertiary/aromatic N) is 3. The van der Waals surface area contributed by atoms with Crippen LogP contribution in [0.5, 0.6) is 0 Å². The van der Waals surface area contributed by atoms with Crippen LogP contribution in [0.2, 0.25) is 0 Å². The first-order valence-electron chi connectivity index (χ1n) is 3.53. The minimum atomic E-state index is 0.881. The van der Waals surface area contributed by atoms with Gasteiger partial charge in [0.05, 0.1) is 0 Å². The monoisotopic (exact) mass is 137 g/mol. The quantitative estimate of drug-likeness (QED) is 0.610. The summed E-state index contributed by atoms with van der Waals surface area (Å²) in [6.45, 7) is 4.07. The van der Waals surface area contributed by atoms with Gasteiger partial charge in [0.1, 0.15) is 18.0 Å². The molecule has 0 saturated carbocycles. The Hall–Kier alpha value is -0.990. The zero-order valence-corrected chi connectivity index (χ0v) is 6.33. The van der Waals surface area contributed by atoms with Crippen LogP contribution in [0.4, 0.5) is 0 Å². The summed E-state index contributed by atoms with van der Waals surface area (Å²) in [5.41, 5.74) is 0. The van der Waals surface area contributed by atoms with Crippen LogP contribution in [0, 0.1) is 0 Å². The molecule has 0 aromatic carbocycles. The van der Waals surface area contributed by atoms with E-state index in [2.05, 4.69) is 15.0 Å². The van der Waals surface area contributed by atoms with Crippen molar-refractivity contribution in [3.8, 4) is 0 Å². The summed E-state index contributed by atoms with van der Waals surface area (Å²) in [4.78, 5) is 12.2. The smallest absolute Gasteiger partial charge is 0.132 e. The zero-order valence-electron chi connectivity index (χ0n) is 6.33. The van der Waals surface area contributed by atoms with Gasteiger partial charge in [-0.05, 0) is 0 Å². The molecule has 1 aromatic heterocycles. The minimum absolute atomic E-state index is 0.881. The number of aromatic nitrogens is 3. The van der Waals surface area contributed by atoms with Crippen LogP contribution in [0.15, 0.2) is 6.33 Å². The third kappa shape index (κ3) is 1.50. The number of rotatable bonds is 2. The highest BCUT2D eigenvalue weighted by Crippen LogP contribution is 1.91. The molecule has 3 heteroatoms. The van der Waals surface area contributed by atoms with Gasteiger partial charge < -0.3 is 0 Å². The van der Waals surface area contributed by atoms with E-state index in [1.807, 2.05) is 13.8 Å². The first-order chi connectivity index (χ1) is 4.86. The molecule has 0 aliphatic carbocycles. The van der Waals surface area contributed by atoms with E-state index < -0.39 is 0 Å². The average molecular weight is 137 g/mol. The lowest BCUT2D eigenvalue weighted by atomic mass is 10.4. The Bertz CT molecular complexity index is 191. The molecule has 0 aliphatic heterocycles. The molecule has 0 amide bonds. The van der Waals surface area contributed by atoms with Crippen molar-refractivity contribution in [1.29, 1.82) is 0 Å². The van der Waals surface area contributed by atoms with Gasteiger partial charge in [0, 0.05) is 12.8 Å². The van der Waals surface area contributed by atoms with Gasteiger partial charge in [-0.25, -0.2) is 15.0 Å². The first kappa shape index (κ1) is 7.12. The van der Waals surface area contributed by atoms with Gasteiger partial charge in [0.15, 0.2) is 0 Å². The lowest BCUT2D eigenvalue weighted by Crippen LogP contribution is -1.99. The summed E-state index contributed by atoms with van der Waals surface area (Å²) in [5, 5.41) is 0. The van der Waals surface area contributed by atoms with E-state index in [0.29, 0.717) is 0 Å². The maximum atomic E-state index is 4.19. The topological polar surface area (TPSA) is 38.7 Å². The maximum Gasteiger partial charge on any atom is 0.132 e. The summed E-state index contributed by atoms with van der Waals surface area (Å²) >= 11 is 0. The molecule has 1 aromatic rings. The molecule has 0 unspecified atom stereocenters. The van der Waals surface area contributed by atoms with Crippen LogP contribution in [0.1, 0.15) is 25.5 Å². The van der Waals surface area contributed by atoms with Gasteiger partial charge >= 0.3 is 0 Å². The van der Waals surface area contributed by atoms with Crippen molar-refractivity contribution in [3.63, 3.8) is 0 Å². The molecule has 0 fully saturated rings. The van der Waals surface area contributed by atoms with E-state index in [-0.39, 0.29) is 0 Å². The fourth-order valence-electron chi connectivity index (χ4n) is 0.710. The van der Waals surface area contributed by atoms with Gasteiger partial charge in [-0.15, -0.1) is 0 Å². The fourth-order valence-corrected chi connectivity index (χ4v) is 0.710. The summed E-state index contributed by atoms with van der Waals surface area (Å²) < 4.78 is 0. The lowest BCUT2D eigenvalue weighted by Gasteiger charge is -1.95. The van der Waals surface area contributed by atoms with Crippen LogP contribution < -0.4 is 0 Å². The number of hydrogen-bond acceptors (Lipinski definition) is 3. The molecule has 0 spiro atoms. The first-order valence-corrected chi connectivity index (χ1v) is 3.53. The van der Waals surface area contributed by atoms with Crippen molar-refractivity contribution in [2.45, 2.75) is 26.7 Å². The van der Waals surface area contributed by atoms with Crippen LogP contribution in [-0.4, -0.2) is 15.0 Å². The molecular formula is C7H11N3. The van der Waals surface area contributed by atoms with Crippen molar-refractivity contribution in [1.82, 2.24) is 15.0 Å². The normalized spacial score (nSPS) is 9.80. The van der Waals surface area contributed by atoms with E-state index in [1.165, 1.54) is 0 Å². The van der Waals surface area contributed by atoms with Gasteiger partial charge in [-0.2, -0.15) is 0 Å². The Kier molecular flexibility index (Phi) is 2.31. The highest BCUT2D eigenvalue weighted by Gasteiger charge is 1.93. The highest BCUT2D eigenvalue weighted by molar-refractivity contribution is 4.89. The number of hydrogen-bond donors (Lipinski definition) is 0. The van der Waals surface area contributed by atoms with Crippen molar-refractivity contribution < 1.29 is 0 Å².